The van der Waals surface area contributed by atoms with Gasteiger partial charge in [0.25, 0.3) is 5.91 Å². The summed E-state index contributed by atoms with van der Waals surface area (Å²) >= 11 is 9.39. The van der Waals surface area contributed by atoms with Crippen LogP contribution in [0, 0.1) is 0 Å². The number of benzene rings is 2. The van der Waals surface area contributed by atoms with E-state index in [-0.39, 0.29) is 47.8 Å². The Kier molecular flexibility index (Phi) is 6.56. The molecule has 2 aromatic carbocycles. The maximum atomic E-state index is 13.0. The van der Waals surface area contributed by atoms with Gasteiger partial charge in [-0.25, -0.2) is 16.8 Å². The zero-order chi connectivity index (χ0) is 23.1. The molecule has 2 heterocycles. The predicted octanol–water partition coefficient (Wildman–Crippen LogP) is 2.79. The van der Waals surface area contributed by atoms with E-state index in [4.69, 9.17) is 11.6 Å². The van der Waals surface area contributed by atoms with Crippen LogP contribution in [0.1, 0.15) is 16.8 Å². The lowest BCUT2D eigenvalue weighted by atomic mass is 10.1. The second-order valence-electron chi connectivity index (χ2n) is 7.56. The second kappa shape index (κ2) is 8.94. The molecule has 0 aliphatic carbocycles. The summed E-state index contributed by atoms with van der Waals surface area (Å²) in [4.78, 5) is 14.5. The normalized spacial score (nSPS) is 19.3. The Morgan fingerprint density at radius 3 is 2.19 bits per heavy atom. The number of hydrogen-bond donors (Lipinski definition) is 0. The van der Waals surface area contributed by atoms with Crippen LogP contribution in [-0.4, -0.2) is 70.4 Å². The Hall–Kier alpha value is -1.66. The predicted molar refractivity (Wildman–Crippen MR) is 126 cm³/mol. The van der Waals surface area contributed by atoms with Crippen LogP contribution in [0.15, 0.2) is 51.8 Å². The van der Waals surface area contributed by atoms with Gasteiger partial charge in [0.1, 0.15) is 4.90 Å². The topological polar surface area (TPSA) is 95.1 Å². The summed E-state index contributed by atoms with van der Waals surface area (Å²) < 4.78 is 53.4. The van der Waals surface area contributed by atoms with E-state index < -0.39 is 20.0 Å². The molecule has 1 amide bonds. The highest BCUT2D eigenvalue weighted by molar-refractivity contribution is 9.10. The number of carbonyl (C=O) groups is 1. The fourth-order valence-corrected chi connectivity index (χ4v) is 7.84. The highest BCUT2D eigenvalue weighted by Gasteiger charge is 2.32. The minimum atomic E-state index is -3.77. The summed E-state index contributed by atoms with van der Waals surface area (Å²) in [6.45, 7) is 1.24. The molecule has 2 aromatic rings. The Morgan fingerprint density at radius 2 is 1.62 bits per heavy atom. The number of rotatable bonds is 4. The number of anilines is 1. The van der Waals surface area contributed by atoms with Crippen LogP contribution in [0.5, 0.6) is 0 Å². The van der Waals surface area contributed by atoms with Crippen molar-refractivity contribution < 1.29 is 21.6 Å². The average Bonchev–Trinajstić information content (AvgIpc) is 3.12. The number of carbonyl (C=O) groups excluding carboxylic acids is 1. The molecule has 12 heteroatoms. The van der Waals surface area contributed by atoms with Crippen LogP contribution in [0.25, 0.3) is 0 Å². The van der Waals surface area contributed by atoms with Crippen LogP contribution < -0.4 is 4.31 Å². The van der Waals surface area contributed by atoms with E-state index in [1.54, 1.807) is 35.2 Å². The van der Waals surface area contributed by atoms with Crippen molar-refractivity contribution in [1.82, 2.24) is 9.21 Å². The minimum Gasteiger partial charge on any atom is -0.336 e. The summed E-state index contributed by atoms with van der Waals surface area (Å²) in [7, 11) is -7.05. The lowest BCUT2D eigenvalue weighted by Gasteiger charge is -2.34. The van der Waals surface area contributed by atoms with Crippen molar-refractivity contribution in [3.63, 3.8) is 0 Å². The number of halogens is 2. The van der Waals surface area contributed by atoms with Gasteiger partial charge in [-0.2, -0.15) is 4.31 Å². The van der Waals surface area contributed by atoms with Crippen LogP contribution in [0.3, 0.4) is 0 Å². The number of piperazine rings is 1. The van der Waals surface area contributed by atoms with Crippen molar-refractivity contribution in [2.24, 2.45) is 0 Å². The second-order valence-corrected chi connectivity index (χ2v) is 12.8. The van der Waals surface area contributed by atoms with Crippen LogP contribution in [0.4, 0.5) is 5.69 Å². The third kappa shape index (κ3) is 4.54. The molecular weight excluding hydrogens is 542 g/mol. The van der Waals surface area contributed by atoms with E-state index in [1.807, 2.05) is 0 Å². The number of hydrogen-bond acceptors (Lipinski definition) is 5. The van der Waals surface area contributed by atoms with Gasteiger partial charge in [-0.05, 0) is 48.9 Å². The van der Waals surface area contributed by atoms with Crippen molar-refractivity contribution in [3.8, 4) is 0 Å². The Labute approximate surface area is 201 Å². The standard InChI is InChI=1S/C20H21BrClN3O5S2/c21-16-4-7-19(18(22)14-16)32(29,30)24-11-9-23(10-12-24)20(26)15-2-5-17(6-3-15)25-8-1-13-31(25,27)28/h2-7,14H,1,8-13H2. The molecule has 0 N–H and O–H groups in total. The third-order valence-electron chi connectivity index (χ3n) is 5.54. The molecule has 2 aliphatic heterocycles. The van der Waals surface area contributed by atoms with Gasteiger partial charge in [-0.3, -0.25) is 9.10 Å². The van der Waals surface area contributed by atoms with Crippen molar-refractivity contribution in [2.45, 2.75) is 11.3 Å². The molecule has 0 bridgehead atoms. The van der Waals surface area contributed by atoms with Gasteiger partial charge < -0.3 is 4.90 Å². The quantitative estimate of drug-likeness (QED) is 0.571. The first kappa shape index (κ1) is 23.5. The van der Waals surface area contributed by atoms with Gasteiger partial charge in [0.2, 0.25) is 20.0 Å². The Bertz CT molecular complexity index is 1240. The molecule has 0 atom stereocenters. The van der Waals surface area contributed by atoms with Crippen molar-refractivity contribution in [3.05, 3.63) is 57.5 Å². The SMILES string of the molecule is O=C(c1ccc(N2CCCS2(=O)=O)cc1)N1CCN(S(=O)(=O)c2ccc(Br)cc2Cl)CC1. The number of amides is 1. The van der Waals surface area contributed by atoms with E-state index in [0.717, 1.165) is 0 Å². The van der Waals surface area contributed by atoms with Crippen molar-refractivity contribution in [1.29, 1.82) is 0 Å². The highest BCUT2D eigenvalue weighted by atomic mass is 79.9. The van der Waals surface area contributed by atoms with Crippen molar-refractivity contribution >= 4 is 59.2 Å². The van der Waals surface area contributed by atoms with E-state index >= 15 is 0 Å². The molecule has 172 valence electrons. The van der Waals surface area contributed by atoms with Gasteiger partial charge in [-0.1, -0.05) is 27.5 Å². The lowest BCUT2D eigenvalue weighted by Crippen LogP contribution is -2.50. The first-order valence-corrected chi connectivity index (χ1v) is 14.2. The summed E-state index contributed by atoms with van der Waals surface area (Å²) in [5, 5.41) is 0.137. The van der Waals surface area contributed by atoms with Gasteiger partial charge in [-0.15, -0.1) is 0 Å². The zero-order valence-electron chi connectivity index (χ0n) is 16.9. The fraction of sp³-hybridized carbons (Fsp3) is 0.350. The molecule has 2 aliphatic rings. The molecule has 8 nitrogen and oxygen atoms in total. The largest absolute Gasteiger partial charge is 0.336 e. The molecular formula is C20H21BrClN3O5S2. The van der Waals surface area contributed by atoms with Crippen LogP contribution >= 0.6 is 27.5 Å². The third-order valence-corrected chi connectivity index (χ3v) is 10.3. The minimum absolute atomic E-state index is 0.0367. The molecule has 32 heavy (non-hydrogen) atoms. The maximum Gasteiger partial charge on any atom is 0.253 e. The first-order valence-electron chi connectivity index (χ1n) is 9.94. The lowest BCUT2D eigenvalue weighted by molar-refractivity contribution is 0.0698. The summed E-state index contributed by atoms with van der Waals surface area (Å²) in [6.07, 6.45) is 0.585. The van der Waals surface area contributed by atoms with Gasteiger partial charge >= 0.3 is 0 Å². The summed E-state index contributed by atoms with van der Waals surface area (Å²) in [5.41, 5.74) is 0.971. The molecule has 2 fully saturated rings. The van der Waals surface area contributed by atoms with Gasteiger partial charge in [0.15, 0.2) is 0 Å². The molecule has 4 rings (SSSR count). The molecule has 0 aromatic heterocycles. The first-order chi connectivity index (χ1) is 15.1. The Morgan fingerprint density at radius 1 is 0.969 bits per heavy atom. The van der Waals surface area contributed by atoms with Crippen LogP contribution in [-0.2, 0) is 20.0 Å². The average molecular weight is 563 g/mol. The van der Waals surface area contributed by atoms with Gasteiger partial charge in [0.05, 0.1) is 16.5 Å². The monoisotopic (exact) mass is 561 g/mol. The summed E-state index contributed by atoms with van der Waals surface area (Å²) in [6, 6.07) is 11.1. The molecule has 2 saturated heterocycles. The van der Waals surface area contributed by atoms with E-state index in [2.05, 4.69) is 15.9 Å². The molecule has 0 unspecified atom stereocenters. The molecule has 0 saturated carbocycles. The molecule has 0 radical (unpaired) electrons. The zero-order valence-corrected chi connectivity index (χ0v) is 20.9. The van der Waals surface area contributed by atoms with Crippen LogP contribution in [0.2, 0.25) is 5.02 Å². The summed E-state index contributed by atoms with van der Waals surface area (Å²) in [5.74, 6) is -0.0914. The van der Waals surface area contributed by atoms with E-state index in [0.29, 0.717) is 28.7 Å². The molecule has 0 spiro atoms. The van der Waals surface area contributed by atoms with Gasteiger partial charge in [0, 0.05) is 42.8 Å². The van der Waals surface area contributed by atoms with E-state index in [9.17, 15) is 21.6 Å². The fourth-order valence-electron chi connectivity index (χ4n) is 3.84. The van der Waals surface area contributed by atoms with E-state index in [1.165, 1.54) is 20.7 Å². The highest BCUT2D eigenvalue weighted by Crippen LogP contribution is 2.29. The maximum absolute atomic E-state index is 13.0. The number of sulfonamides is 2. The Balaban J connectivity index is 1.42. The number of nitrogens with zero attached hydrogens (tertiary/aromatic N) is 3. The smallest absolute Gasteiger partial charge is 0.253 e. The van der Waals surface area contributed by atoms with Crippen molar-refractivity contribution in [2.75, 3.05) is 42.8 Å².